The average Bonchev–Trinajstić information content (AvgIpc) is 3.36. The molecule has 0 spiro atoms. The first-order valence-electron chi connectivity index (χ1n) is 13.0. The molecule has 0 saturated heterocycles. The molecule has 1 atom stereocenters. The van der Waals surface area contributed by atoms with Crippen molar-refractivity contribution in [2.45, 2.75) is 45.3 Å². The molecule has 0 saturated carbocycles. The summed E-state index contributed by atoms with van der Waals surface area (Å²) in [7, 11) is -3.88. The minimum Gasteiger partial charge on any atom is -0.454 e. The number of ether oxygens (including phenoxy) is 2. The van der Waals surface area contributed by atoms with Crippen LogP contribution in [-0.4, -0.2) is 56.3 Å². The lowest BCUT2D eigenvalue weighted by Crippen LogP contribution is -2.56. The normalized spacial score (nSPS) is 13.4. The Morgan fingerprint density at radius 2 is 1.50 bits per heavy atom. The highest BCUT2D eigenvalue weighted by molar-refractivity contribution is 7.92. The van der Waals surface area contributed by atoms with Crippen LogP contribution in [0.1, 0.15) is 31.9 Å². The van der Waals surface area contributed by atoms with Gasteiger partial charge in [0.15, 0.2) is 11.5 Å². The van der Waals surface area contributed by atoms with Crippen molar-refractivity contribution in [3.63, 3.8) is 0 Å². The molecule has 1 aliphatic heterocycles. The molecular formula is C30H35N3O6S. The molecule has 1 N–H and O–H groups in total. The maximum atomic E-state index is 14.1. The second kappa shape index (κ2) is 12.0. The highest BCUT2D eigenvalue weighted by atomic mass is 32.2. The summed E-state index contributed by atoms with van der Waals surface area (Å²) in [4.78, 5) is 29.3. The van der Waals surface area contributed by atoms with Crippen LogP contribution in [0.5, 0.6) is 11.5 Å². The third-order valence-corrected chi connectivity index (χ3v) is 7.43. The van der Waals surface area contributed by atoms with Gasteiger partial charge >= 0.3 is 0 Å². The van der Waals surface area contributed by atoms with Crippen molar-refractivity contribution >= 4 is 27.5 Å². The summed E-state index contributed by atoms with van der Waals surface area (Å²) in [5, 5.41) is 3.01. The Hall–Kier alpha value is -4.05. The van der Waals surface area contributed by atoms with Crippen LogP contribution in [0, 0.1) is 0 Å². The summed E-state index contributed by atoms with van der Waals surface area (Å²) in [6, 6.07) is 22.6. The molecule has 10 heteroatoms. The van der Waals surface area contributed by atoms with Crippen LogP contribution >= 0.6 is 0 Å². The Balaban J connectivity index is 1.72. The predicted octanol–water partition coefficient (Wildman–Crippen LogP) is 3.74. The van der Waals surface area contributed by atoms with Gasteiger partial charge in [-0.2, -0.15) is 0 Å². The fourth-order valence-electron chi connectivity index (χ4n) is 4.44. The number of hydrogen-bond donors (Lipinski definition) is 1. The van der Waals surface area contributed by atoms with E-state index >= 15 is 0 Å². The van der Waals surface area contributed by atoms with Crippen LogP contribution in [0.15, 0.2) is 78.9 Å². The van der Waals surface area contributed by atoms with Crippen LogP contribution in [0.4, 0.5) is 5.69 Å². The number of nitrogens with one attached hydrogen (secondary N) is 1. The SMILES string of the molecule is CC(C)(C)NC(=O)C(Cc1ccccc1)N(Cc1ccccc1)C(=O)CN(c1ccc2c(c1)OCO2)S(C)(=O)=O. The van der Waals surface area contributed by atoms with Gasteiger partial charge in [0, 0.05) is 24.6 Å². The van der Waals surface area contributed by atoms with Crippen molar-refractivity contribution in [1.82, 2.24) is 10.2 Å². The molecule has 0 bridgehead atoms. The molecular weight excluding hydrogens is 530 g/mol. The van der Waals surface area contributed by atoms with Crippen LogP contribution in [0.3, 0.4) is 0 Å². The second-order valence-electron chi connectivity index (χ2n) is 10.8. The predicted molar refractivity (Wildman–Crippen MR) is 154 cm³/mol. The van der Waals surface area contributed by atoms with E-state index in [1.54, 1.807) is 12.1 Å². The number of carbonyl (C=O) groups excluding carboxylic acids is 2. The Kier molecular flexibility index (Phi) is 8.68. The van der Waals surface area contributed by atoms with Gasteiger partial charge in [-0.1, -0.05) is 60.7 Å². The van der Waals surface area contributed by atoms with Gasteiger partial charge in [-0.25, -0.2) is 8.42 Å². The summed E-state index contributed by atoms with van der Waals surface area (Å²) in [6.07, 6.45) is 1.30. The van der Waals surface area contributed by atoms with Gasteiger partial charge in [0.25, 0.3) is 0 Å². The van der Waals surface area contributed by atoms with Crippen LogP contribution in [0.2, 0.25) is 0 Å². The van der Waals surface area contributed by atoms with E-state index in [2.05, 4.69) is 5.32 Å². The summed E-state index contributed by atoms with van der Waals surface area (Å²) in [5.74, 6) is 0.0498. The molecule has 40 heavy (non-hydrogen) atoms. The van der Waals surface area contributed by atoms with Crippen molar-refractivity contribution in [2.24, 2.45) is 0 Å². The van der Waals surface area contributed by atoms with E-state index in [1.807, 2.05) is 81.4 Å². The molecule has 3 aromatic rings. The maximum Gasteiger partial charge on any atom is 0.244 e. The topological polar surface area (TPSA) is 105 Å². The second-order valence-corrected chi connectivity index (χ2v) is 12.7. The largest absolute Gasteiger partial charge is 0.454 e. The third kappa shape index (κ3) is 7.53. The highest BCUT2D eigenvalue weighted by Crippen LogP contribution is 2.36. The Morgan fingerprint density at radius 1 is 0.900 bits per heavy atom. The lowest BCUT2D eigenvalue weighted by molar-refractivity contribution is -0.140. The minimum atomic E-state index is -3.88. The van der Waals surface area contributed by atoms with Gasteiger partial charge in [-0.3, -0.25) is 13.9 Å². The highest BCUT2D eigenvalue weighted by Gasteiger charge is 2.34. The zero-order chi connectivity index (χ0) is 28.9. The monoisotopic (exact) mass is 565 g/mol. The summed E-state index contributed by atoms with van der Waals surface area (Å²) < 4.78 is 37.7. The standard InChI is InChI=1S/C30H35N3O6S/c1-30(2,3)31-29(35)25(17-22-11-7-5-8-12-22)32(19-23-13-9-6-10-14-23)28(34)20-33(40(4,36)37)24-15-16-26-27(18-24)39-21-38-26/h5-16,18,25H,17,19-21H2,1-4H3,(H,31,35). The molecule has 2 amide bonds. The number of hydrogen-bond acceptors (Lipinski definition) is 6. The molecule has 4 rings (SSSR count). The number of nitrogens with zero attached hydrogens (tertiary/aromatic N) is 2. The number of fused-ring (bicyclic) bond motifs is 1. The van der Waals surface area contributed by atoms with Gasteiger partial charge in [-0.05, 0) is 44.0 Å². The van der Waals surface area contributed by atoms with Gasteiger partial charge in [0.2, 0.25) is 28.6 Å². The van der Waals surface area contributed by atoms with E-state index in [4.69, 9.17) is 9.47 Å². The fourth-order valence-corrected chi connectivity index (χ4v) is 5.28. The lowest BCUT2D eigenvalue weighted by Gasteiger charge is -2.35. The van der Waals surface area contributed by atoms with E-state index in [-0.39, 0.29) is 31.4 Å². The van der Waals surface area contributed by atoms with Crippen molar-refractivity contribution in [3.05, 3.63) is 90.0 Å². The molecule has 0 radical (unpaired) electrons. The first-order chi connectivity index (χ1) is 18.9. The minimum absolute atomic E-state index is 0.0332. The number of anilines is 1. The number of amides is 2. The lowest BCUT2D eigenvalue weighted by atomic mass is 10.0. The number of benzene rings is 3. The molecule has 1 heterocycles. The van der Waals surface area contributed by atoms with Gasteiger partial charge in [0.05, 0.1) is 11.9 Å². The molecule has 1 unspecified atom stereocenters. The first-order valence-corrected chi connectivity index (χ1v) is 14.8. The maximum absolute atomic E-state index is 14.1. The van der Waals surface area contributed by atoms with E-state index < -0.39 is 34.1 Å². The van der Waals surface area contributed by atoms with Gasteiger partial charge in [0.1, 0.15) is 12.6 Å². The van der Waals surface area contributed by atoms with E-state index in [9.17, 15) is 18.0 Å². The van der Waals surface area contributed by atoms with E-state index in [1.165, 1.54) is 11.0 Å². The number of sulfonamides is 1. The Labute approximate surface area is 235 Å². The smallest absolute Gasteiger partial charge is 0.244 e. The Bertz CT molecular complexity index is 1440. The Morgan fingerprint density at radius 3 is 2.10 bits per heavy atom. The fraction of sp³-hybridized carbons (Fsp3) is 0.333. The van der Waals surface area contributed by atoms with Crippen molar-refractivity contribution < 1.29 is 27.5 Å². The molecule has 3 aromatic carbocycles. The molecule has 9 nitrogen and oxygen atoms in total. The van der Waals surface area contributed by atoms with Gasteiger partial charge in [-0.15, -0.1) is 0 Å². The van der Waals surface area contributed by atoms with Crippen molar-refractivity contribution in [2.75, 3.05) is 23.9 Å². The molecule has 212 valence electrons. The molecule has 0 aliphatic carbocycles. The van der Waals surface area contributed by atoms with Crippen LogP contribution in [0.25, 0.3) is 0 Å². The summed E-state index contributed by atoms with van der Waals surface area (Å²) >= 11 is 0. The summed E-state index contributed by atoms with van der Waals surface area (Å²) in [6.45, 7) is 5.27. The quantitative estimate of drug-likeness (QED) is 0.402. The molecule has 0 fully saturated rings. The van der Waals surface area contributed by atoms with Crippen LogP contribution < -0.4 is 19.1 Å². The first kappa shape index (κ1) is 28.9. The van der Waals surface area contributed by atoms with E-state index in [0.29, 0.717) is 11.5 Å². The van der Waals surface area contributed by atoms with Crippen molar-refractivity contribution in [3.8, 4) is 11.5 Å². The molecule has 0 aromatic heterocycles. The zero-order valence-electron chi connectivity index (χ0n) is 23.2. The zero-order valence-corrected chi connectivity index (χ0v) is 24.0. The third-order valence-electron chi connectivity index (χ3n) is 6.29. The number of rotatable bonds is 10. The van der Waals surface area contributed by atoms with E-state index in [0.717, 1.165) is 21.7 Å². The number of carbonyl (C=O) groups is 2. The summed E-state index contributed by atoms with van der Waals surface area (Å²) in [5.41, 5.74) is 1.40. The average molecular weight is 566 g/mol. The van der Waals surface area contributed by atoms with Gasteiger partial charge < -0.3 is 19.7 Å². The van der Waals surface area contributed by atoms with Crippen LogP contribution in [-0.2, 0) is 32.6 Å². The van der Waals surface area contributed by atoms with Crippen molar-refractivity contribution in [1.29, 1.82) is 0 Å². The molecule has 1 aliphatic rings.